The van der Waals surface area contributed by atoms with Gasteiger partial charge in [-0.2, -0.15) is 10.5 Å². The van der Waals surface area contributed by atoms with E-state index < -0.39 is 10.8 Å². The van der Waals surface area contributed by atoms with Gasteiger partial charge in [-0.3, -0.25) is 0 Å². The predicted molar refractivity (Wildman–Crippen MR) is 71.4 cm³/mol. The molecule has 0 unspecified atom stereocenters. The molecule has 19 heavy (non-hydrogen) atoms. The molecule has 0 aliphatic heterocycles. The molecule has 0 aliphatic carbocycles. The van der Waals surface area contributed by atoms with Gasteiger partial charge in [-0.05, 0) is 30.3 Å². The summed E-state index contributed by atoms with van der Waals surface area (Å²) in [5.41, 5.74) is 6.63. The van der Waals surface area contributed by atoms with E-state index in [0.29, 0.717) is 21.0 Å². The molecule has 4 nitrogen and oxygen atoms in total. The first-order valence-corrected chi connectivity index (χ1v) is 6.53. The maximum atomic E-state index is 12.4. The summed E-state index contributed by atoms with van der Waals surface area (Å²) in [5, 5.41) is 17.9. The summed E-state index contributed by atoms with van der Waals surface area (Å²) in [6, 6.07) is 15.3. The second kappa shape index (κ2) is 5.34. The SMILES string of the molecule is N#Cc1cccc([S@](=O)c2cccc(N)c2C#N)c1. The number of nitriles is 2. The Morgan fingerprint density at radius 1 is 1.05 bits per heavy atom. The van der Waals surface area contributed by atoms with Crippen LogP contribution in [0.2, 0.25) is 0 Å². The van der Waals surface area contributed by atoms with Gasteiger partial charge in [0, 0.05) is 4.90 Å². The molecule has 0 saturated heterocycles. The number of hydrogen-bond donors (Lipinski definition) is 1. The molecule has 5 heteroatoms. The van der Waals surface area contributed by atoms with Crippen LogP contribution in [-0.4, -0.2) is 4.21 Å². The fourth-order valence-electron chi connectivity index (χ4n) is 1.63. The van der Waals surface area contributed by atoms with E-state index in [4.69, 9.17) is 16.3 Å². The smallest absolute Gasteiger partial charge is 0.103 e. The van der Waals surface area contributed by atoms with Gasteiger partial charge in [0.2, 0.25) is 0 Å². The van der Waals surface area contributed by atoms with Gasteiger partial charge in [-0.25, -0.2) is 4.21 Å². The van der Waals surface area contributed by atoms with Crippen LogP contribution < -0.4 is 5.73 Å². The molecule has 0 amide bonds. The average Bonchev–Trinajstić information content (AvgIpc) is 2.46. The Labute approximate surface area is 113 Å². The van der Waals surface area contributed by atoms with Crippen molar-refractivity contribution in [3.8, 4) is 12.1 Å². The Bertz CT molecular complexity index is 741. The first-order valence-electron chi connectivity index (χ1n) is 5.38. The molecule has 1 atom stereocenters. The Hall–Kier alpha value is -2.63. The van der Waals surface area contributed by atoms with E-state index in [1.807, 2.05) is 12.1 Å². The van der Waals surface area contributed by atoms with Gasteiger partial charge in [0.25, 0.3) is 0 Å². The van der Waals surface area contributed by atoms with Crippen molar-refractivity contribution in [2.45, 2.75) is 9.79 Å². The number of rotatable bonds is 2. The van der Waals surface area contributed by atoms with Crippen molar-refractivity contribution in [1.29, 1.82) is 10.5 Å². The Morgan fingerprint density at radius 2 is 1.79 bits per heavy atom. The van der Waals surface area contributed by atoms with E-state index in [1.54, 1.807) is 42.5 Å². The molecular formula is C14H9N3OS. The molecule has 0 spiro atoms. The van der Waals surface area contributed by atoms with Gasteiger partial charge >= 0.3 is 0 Å². The standard InChI is InChI=1S/C14H9N3OS/c15-8-10-3-1-4-11(7-10)19(18)14-6-2-5-13(17)12(14)9-16/h1-7H,17H2/t19-/m0/s1. The topological polar surface area (TPSA) is 90.7 Å². The van der Waals surface area contributed by atoms with Crippen LogP contribution >= 0.6 is 0 Å². The summed E-state index contributed by atoms with van der Waals surface area (Å²) in [5.74, 6) is 0. The molecule has 0 fully saturated rings. The highest BCUT2D eigenvalue weighted by atomic mass is 32.2. The van der Waals surface area contributed by atoms with Gasteiger partial charge in [-0.1, -0.05) is 12.1 Å². The molecule has 0 aliphatic rings. The van der Waals surface area contributed by atoms with E-state index >= 15 is 0 Å². The van der Waals surface area contributed by atoms with Crippen LogP contribution in [0.1, 0.15) is 11.1 Å². The third-order valence-corrected chi connectivity index (χ3v) is 3.97. The maximum absolute atomic E-state index is 12.4. The first kappa shape index (κ1) is 12.8. The van der Waals surface area contributed by atoms with Crippen molar-refractivity contribution in [2.24, 2.45) is 0 Å². The molecule has 2 aromatic carbocycles. The van der Waals surface area contributed by atoms with E-state index in [-0.39, 0.29) is 5.56 Å². The molecule has 92 valence electrons. The van der Waals surface area contributed by atoms with E-state index in [0.717, 1.165) is 0 Å². The second-order valence-electron chi connectivity index (χ2n) is 3.74. The minimum atomic E-state index is -1.53. The van der Waals surface area contributed by atoms with E-state index in [2.05, 4.69) is 0 Å². The summed E-state index contributed by atoms with van der Waals surface area (Å²) in [6.45, 7) is 0. The second-order valence-corrected chi connectivity index (χ2v) is 5.19. The van der Waals surface area contributed by atoms with Gasteiger partial charge in [0.05, 0.1) is 38.6 Å². The van der Waals surface area contributed by atoms with Crippen molar-refractivity contribution < 1.29 is 4.21 Å². The molecule has 2 aromatic rings. The maximum Gasteiger partial charge on any atom is 0.103 e. The lowest BCUT2D eigenvalue weighted by molar-refractivity contribution is 0.683. The van der Waals surface area contributed by atoms with Crippen LogP contribution in [0.15, 0.2) is 52.3 Å². The fourth-order valence-corrected chi connectivity index (χ4v) is 2.87. The lowest BCUT2D eigenvalue weighted by Crippen LogP contribution is -2.00. The van der Waals surface area contributed by atoms with Crippen LogP contribution in [0.3, 0.4) is 0 Å². The summed E-state index contributed by atoms with van der Waals surface area (Å²) >= 11 is 0. The van der Waals surface area contributed by atoms with Gasteiger partial charge in [0.15, 0.2) is 0 Å². The van der Waals surface area contributed by atoms with Gasteiger partial charge < -0.3 is 5.73 Å². The molecule has 2 rings (SSSR count). The van der Waals surface area contributed by atoms with Crippen molar-refractivity contribution in [1.82, 2.24) is 0 Å². The minimum Gasteiger partial charge on any atom is -0.398 e. The Kier molecular flexibility index (Phi) is 3.61. The zero-order valence-electron chi connectivity index (χ0n) is 9.83. The zero-order valence-corrected chi connectivity index (χ0v) is 10.6. The zero-order chi connectivity index (χ0) is 13.8. The predicted octanol–water partition coefficient (Wildman–Crippen LogP) is 2.18. The van der Waals surface area contributed by atoms with Crippen LogP contribution in [0.25, 0.3) is 0 Å². The normalized spacial score (nSPS) is 11.3. The molecule has 0 aromatic heterocycles. The third-order valence-electron chi connectivity index (χ3n) is 2.55. The minimum absolute atomic E-state index is 0.211. The number of nitrogens with two attached hydrogens (primary N) is 1. The van der Waals surface area contributed by atoms with E-state index in [9.17, 15) is 4.21 Å². The van der Waals surface area contributed by atoms with Crippen LogP contribution in [0.4, 0.5) is 5.69 Å². The number of hydrogen-bond acceptors (Lipinski definition) is 4. The largest absolute Gasteiger partial charge is 0.398 e. The van der Waals surface area contributed by atoms with Crippen molar-refractivity contribution >= 4 is 16.5 Å². The third kappa shape index (κ3) is 2.47. The van der Waals surface area contributed by atoms with Gasteiger partial charge in [-0.15, -0.1) is 0 Å². The molecular weight excluding hydrogens is 258 g/mol. The summed E-state index contributed by atoms with van der Waals surface area (Å²) in [6.07, 6.45) is 0. The van der Waals surface area contributed by atoms with Crippen molar-refractivity contribution in [2.75, 3.05) is 5.73 Å². The van der Waals surface area contributed by atoms with Crippen molar-refractivity contribution in [3.05, 3.63) is 53.6 Å². The molecule has 0 radical (unpaired) electrons. The van der Waals surface area contributed by atoms with Crippen LogP contribution in [0.5, 0.6) is 0 Å². The highest BCUT2D eigenvalue weighted by Crippen LogP contribution is 2.24. The first-order chi connectivity index (χ1) is 9.17. The molecule has 2 N–H and O–H groups in total. The number of anilines is 1. The highest BCUT2D eigenvalue weighted by Gasteiger charge is 2.14. The number of benzene rings is 2. The van der Waals surface area contributed by atoms with Crippen LogP contribution in [0, 0.1) is 22.7 Å². The summed E-state index contributed by atoms with van der Waals surface area (Å²) in [4.78, 5) is 0.832. The highest BCUT2D eigenvalue weighted by molar-refractivity contribution is 7.85. The monoisotopic (exact) mass is 267 g/mol. The average molecular weight is 267 g/mol. The lowest BCUT2D eigenvalue weighted by atomic mass is 10.2. The number of nitrogens with zero attached hydrogens (tertiary/aromatic N) is 2. The number of nitrogen functional groups attached to an aromatic ring is 1. The van der Waals surface area contributed by atoms with Crippen LogP contribution in [-0.2, 0) is 10.8 Å². The molecule has 0 saturated carbocycles. The summed E-state index contributed by atoms with van der Waals surface area (Å²) in [7, 11) is -1.53. The quantitative estimate of drug-likeness (QED) is 0.844. The Balaban J connectivity index is 2.54. The summed E-state index contributed by atoms with van der Waals surface area (Å²) < 4.78 is 12.4. The van der Waals surface area contributed by atoms with Gasteiger partial charge in [0.1, 0.15) is 6.07 Å². The molecule has 0 heterocycles. The fraction of sp³-hybridized carbons (Fsp3) is 0. The van der Waals surface area contributed by atoms with Crippen molar-refractivity contribution in [3.63, 3.8) is 0 Å². The lowest BCUT2D eigenvalue weighted by Gasteiger charge is -2.06. The van der Waals surface area contributed by atoms with E-state index in [1.165, 1.54) is 0 Å². The Morgan fingerprint density at radius 3 is 2.47 bits per heavy atom. The molecule has 0 bridgehead atoms.